The molecule has 0 bridgehead atoms. The second-order valence-corrected chi connectivity index (χ2v) is 11.9. The molecule has 0 aromatic rings. The number of hydrogen-bond acceptors (Lipinski definition) is 2. The molecule has 0 spiro atoms. The zero-order valence-electron chi connectivity index (χ0n) is 25.4. The zero-order chi connectivity index (χ0) is 25.9. The summed E-state index contributed by atoms with van der Waals surface area (Å²) in [6.07, 6.45) is 42.7. The highest BCUT2D eigenvalue weighted by atomic mass is 15.4. The smallest absolute Gasteiger partial charge is 0.0977 e. The molecule has 1 rings (SSSR count). The summed E-state index contributed by atoms with van der Waals surface area (Å²) in [5.41, 5.74) is 0. The van der Waals surface area contributed by atoms with Gasteiger partial charge in [0.05, 0.1) is 6.17 Å². The van der Waals surface area contributed by atoms with E-state index < -0.39 is 0 Å². The first-order chi connectivity index (χ1) is 17.8. The van der Waals surface area contributed by atoms with Crippen molar-refractivity contribution in [3.05, 3.63) is 12.4 Å². The Morgan fingerprint density at radius 3 is 0.833 bits per heavy atom. The van der Waals surface area contributed by atoms with E-state index in [1.807, 2.05) is 0 Å². The highest BCUT2D eigenvalue weighted by molar-refractivity contribution is 4.95. The van der Waals surface area contributed by atoms with Crippen molar-refractivity contribution in [2.45, 2.75) is 194 Å². The highest BCUT2D eigenvalue weighted by Gasteiger charge is 2.20. The van der Waals surface area contributed by atoms with Crippen molar-refractivity contribution >= 4 is 0 Å². The summed E-state index contributed by atoms with van der Waals surface area (Å²) < 4.78 is 0. The second kappa shape index (κ2) is 26.0. The average molecular weight is 505 g/mol. The van der Waals surface area contributed by atoms with Crippen molar-refractivity contribution in [1.82, 2.24) is 9.80 Å². The molecule has 36 heavy (non-hydrogen) atoms. The summed E-state index contributed by atoms with van der Waals surface area (Å²) in [6, 6.07) is 0. The highest BCUT2D eigenvalue weighted by Crippen LogP contribution is 2.19. The molecule has 1 aliphatic rings. The van der Waals surface area contributed by atoms with Crippen molar-refractivity contribution in [1.29, 1.82) is 0 Å². The minimum Gasteiger partial charge on any atom is -0.356 e. The van der Waals surface area contributed by atoms with Crippen LogP contribution < -0.4 is 0 Å². The van der Waals surface area contributed by atoms with Crippen LogP contribution in [-0.2, 0) is 0 Å². The van der Waals surface area contributed by atoms with Crippen LogP contribution in [0.2, 0.25) is 0 Å². The van der Waals surface area contributed by atoms with Crippen molar-refractivity contribution in [2.24, 2.45) is 0 Å². The maximum absolute atomic E-state index is 2.57. The van der Waals surface area contributed by atoms with Crippen molar-refractivity contribution in [3.8, 4) is 0 Å². The predicted molar refractivity (Wildman–Crippen MR) is 163 cm³/mol. The summed E-state index contributed by atoms with van der Waals surface area (Å²) in [6.45, 7) is 9.48. The Labute approximate surface area is 229 Å². The summed E-state index contributed by atoms with van der Waals surface area (Å²) in [5.74, 6) is 0. The van der Waals surface area contributed by atoms with E-state index in [4.69, 9.17) is 0 Å². The Bertz CT molecular complexity index is 460. The Kier molecular flexibility index (Phi) is 24.1. The number of nitrogens with zero attached hydrogens (tertiary/aromatic N) is 2. The molecule has 2 nitrogen and oxygen atoms in total. The summed E-state index contributed by atoms with van der Waals surface area (Å²) in [5, 5.41) is 0. The van der Waals surface area contributed by atoms with E-state index in [1.165, 1.54) is 180 Å². The lowest BCUT2D eigenvalue weighted by Gasteiger charge is -2.30. The Balaban J connectivity index is 1.83. The molecule has 1 atom stereocenters. The lowest BCUT2D eigenvalue weighted by atomic mass is 10.0. The van der Waals surface area contributed by atoms with E-state index in [1.54, 1.807) is 0 Å². The van der Waals surface area contributed by atoms with Gasteiger partial charge in [0.2, 0.25) is 0 Å². The third-order valence-corrected chi connectivity index (χ3v) is 8.45. The van der Waals surface area contributed by atoms with E-state index in [0.29, 0.717) is 6.17 Å². The summed E-state index contributed by atoms with van der Waals surface area (Å²) >= 11 is 0. The largest absolute Gasteiger partial charge is 0.356 e. The lowest BCUT2D eigenvalue weighted by Crippen LogP contribution is -2.36. The first-order valence-electron chi connectivity index (χ1n) is 17.0. The van der Waals surface area contributed by atoms with E-state index in [-0.39, 0.29) is 0 Å². The first-order valence-corrected chi connectivity index (χ1v) is 17.0. The standard InChI is InChI=1S/C34H68N2/c1-4-6-8-10-12-14-16-18-19-21-23-25-27-29-31-36-33-32-35(34(36)3)30-28-26-24-22-20-17-15-13-11-9-7-5-2/h32-34H,4-31H2,1-3H3. The van der Waals surface area contributed by atoms with Crippen LogP contribution in [0.15, 0.2) is 12.4 Å². The molecule has 2 heteroatoms. The van der Waals surface area contributed by atoms with E-state index in [2.05, 4.69) is 43.0 Å². The van der Waals surface area contributed by atoms with Crippen LogP contribution in [0.5, 0.6) is 0 Å². The molecule has 0 aromatic carbocycles. The molecule has 0 fully saturated rings. The molecule has 0 radical (unpaired) electrons. The van der Waals surface area contributed by atoms with Gasteiger partial charge in [-0.3, -0.25) is 0 Å². The van der Waals surface area contributed by atoms with Crippen molar-refractivity contribution in [3.63, 3.8) is 0 Å². The van der Waals surface area contributed by atoms with E-state index in [9.17, 15) is 0 Å². The summed E-state index contributed by atoms with van der Waals surface area (Å²) in [4.78, 5) is 5.14. The van der Waals surface area contributed by atoms with Crippen molar-refractivity contribution in [2.75, 3.05) is 13.1 Å². The van der Waals surface area contributed by atoms with Crippen LogP contribution in [0.3, 0.4) is 0 Å². The van der Waals surface area contributed by atoms with E-state index in [0.717, 1.165) is 0 Å². The lowest BCUT2D eigenvalue weighted by molar-refractivity contribution is 0.165. The number of unbranched alkanes of at least 4 members (excludes halogenated alkanes) is 24. The molecule has 214 valence electrons. The van der Waals surface area contributed by atoms with Gasteiger partial charge in [-0.15, -0.1) is 0 Å². The van der Waals surface area contributed by atoms with Crippen LogP contribution in [0.25, 0.3) is 0 Å². The predicted octanol–water partition coefficient (Wildman–Crippen LogP) is 11.6. The first kappa shape index (κ1) is 33.4. The van der Waals surface area contributed by atoms with Gasteiger partial charge in [0.25, 0.3) is 0 Å². The molecule has 0 amide bonds. The van der Waals surface area contributed by atoms with Gasteiger partial charge in [0.1, 0.15) is 0 Å². The Morgan fingerprint density at radius 1 is 0.361 bits per heavy atom. The average Bonchev–Trinajstić information content (AvgIpc) is 3.23. The third kappa shape index (κ3) is 19.5. The van der Waals surface area contributed by atoms with Gasteiger partial charge in [0.15, 0.2) is 0 Å². The molecular weight excluding hydrogens is 436 g/mol. The maximum atomic E-state index is 2.57. The maximum Gasteiger partial charge on any atom is 0.0977 e. The fourth-order valence-corrected chi connectivity index (χ4v) is 5.76. The fourth-order valence-electron chi connectivity index (χ4n) is 5.76. The van der Waals surface area contributed by atoms with Gasteiger partial charge in [-0.25, -0.2) is 0 Å². The summed E-state index contributed by atoms with van der Waals surface area (Å²) in [7, 11) is 0. The van der Waals surface area contributed by atoms with Crippen LogP contribution >= 0.6 is 0 Å². The molecular formula is C34H68N2. The molecule has 1 unspecified atom stereocenters. The van der Waals surface area contributed by atoms with E-state index >= 15 is 0 Å². The monoisotopic (exact) mass is 505 g/mol. The minimum atomic E-state index is 0.569. The normalized spacial score (nSPS) is 15.5. The van der Waals surface area contributed by atoms with Gasteiger partial charge in [-0.1, -0.05) is 168 Å². The zero-order valence-corrected chi connectivity index (χ0v) is 25.4. The third-order valence-electron chi connectivity index (χ3n) is 8.45. The SMILES string of the molecule is CCCCCCCCCCCCCCCCN1C=CN(CCCCCCCCCCCCCC)C1C. The molecule has 0 aliphatic carbocycles. The Morgan fingerprint density at radius 2 is 0.583 bits per heavy atom. The quantitative estimate of drug-likeness (QED) is 0.0977. The molecule has 0 N–H and O–H groups in total. The van der Waals surface area contributed by atoms with Crippen molar-refractivity contribution < 1.29 is 0 Å². The Hall–Kier alpha value is -0.660. The van der Waals surface area contributed by atoms with Gasteiger partial charge in [0, 0.05) is 25.5 Å². The molecule has 1 heterocycles. The van der Waals surface area contributed by atoms with Gasteiger partial charge in [-0.05, 0) is 19.8 Å². The van der Waals surface area contributed by atoms with Gasteiger partial charge in [-0.2, -0.15) is 0 Å². The minimum absolute atomic E-state index is 0.569. The molecule has 0 saturated heterocycles. The number of rotatable bonds is 28. The topological polar surface area (TPSA) is 6.48 Å². The van der Waals surface area contributed by atoms with Crippen LogP contribution in [-0.4, -0.2) is 29.1 Å². The fraction of sp³-hybridized carbons (Fsp3) is 0.941. The van der Waals surface area contributed by atoms with Crippen LogP contribution in [0.4, 0.5) is 0 Å². The van der Waals surface area contributed by atoms with Crippen LogP contribution in [0.1, 0.15) is 188 Å². The van der Waals surface area contributed by atoms with Crippen LogP contribution in [0, 0.1) is 0 Å². The van der Waals surface area contributed by atoms with Gasteiger partial charge < -0.3 is 9.80 Å². The second-order valence-electron chi connectivity index (χ2n) is 11.9. The number of hydrogen-bond donors (Lipinski definition) is 0. The molecule has 1 aliphatic heterocycles. The van der Waals surface area contributed by atoms with Gasteiger partial charge >= 0.3 is 0 Å². The molecule has 0 aromatic heterocycles. The molecule has 0 saturated carbocycles.